The second-order valence-corrected chi connectivity index (χ2v) is 6.65. The molecule has 0 aromatic heterocycles. The molecule has 6 heteroatoms. The van der Waals surface area contributed by atoms with E-state index in [9.17, 15) is 9.50 Å². The molecule has 26 heavy (non-hydrogen) atoms. The van der Waals surface area contributed by atoms with Crippen LogP contribution in [0.1, 0.15) is 16.7 Å². The Morgan fingerprint density at radius 1 is 1.12 bits per heavy atom. The van der Waals surface area contributed by atoms with Crippen LogP contribution in [0.3, 0.4) is 0 Å². The maximum Gasteiger partial charge on any atom is 0.163 e. The van der Waals surface area contributed by atoms with Crippen molar-refractivity contribution in [1.29, 1.82) is 5.26 Å². The van der Waals surface area contributed by atoms with Crippen LogP contribution >= 0.6 is 15.9 Å². The topological polar surface area (TPSA) is 56.5 Å². The number of nitrogens with zero attached hydrogens (tertiary/aromatic N) is 2. The summed E-state index contributed by atoms with van der Waals surface area (Å²) in [6.07, 6.45) is 2.65. The smallest absolute Gasteiger partial charge is 0.163 e. The van der Waals surface area contributed by atoms with E-state index in [0.29, 0.717) is 22.3 Å². The molecule has 1 unspecified atom stereocenters. The van der Waals surface area contributed by atoms with Gasteiger partial charge in [-0.1, -0.05) is 24.3 Å². The van der Waals surface area contributed by atoms with Gasteiger partial charge in [0.25, 0.3) is 0 Å². The molecule has 132 valence electrons. The van der Waals surface area contributed by atoms with Gasteiger partial charge in [0.05, 0.1) is 16.1 Å². The maximum absolute atomic E-state index is 12.9. The molecule has 4 nitrogen and oxygen atoms in total. The lowest BCUT2D eigenvalue weighted by Crippen LogP contribution is -2.33. The van der Waals surface area contributed by atoms with Crippen molar-refractivity contribution in [3.8, 4) is 6.07 Å². The predicted molar refractivity (Wildman–Crippen MR) is 99.0 cm³/mol. The van der Waals surface area contributed by atoms with E-state index in [1.54, 1.807) is 41.4 Å². The first kappa shape index (κ1) is 18.2. The minimum Gasteiger partial charge on any atom is -0.488 e. The van der Waals surface area contributed by atoms with Crippen LogP contribution in [-0.2, 0) is 17.9 Å². The van der Waals surface area contributed by atoms with Crippen LogP contribution in [0.5, 0.6) is 0 Å². The number of hydrogen-bond donors (Lipinski definition) is 1. The second kappa shape index (κ2) is 8.17. The molecule has 0 bridgehead atoms. The molecule has 0 radical (unpaired) electrons. The summed E-state index contributed by atoms with van der Waals surface area (Å²) in [4.78, 5) is 1.75. The molecule has 1 aliphatic rings. The van der Waals surface area contributed by atoms with Crippen molar-refractivity contribution in [2.24, 2.45) is 0 Å². The SMILES string of the molecule is N#Cc1ccc(CN2C=CC(OCc3ccc(F)cc3)=C(Br)C2O)cc1. The Kier molecular flexibility index (Phi) is 5.71. The van der Waals surface area contributed by atoms with E-state index < -0.39 is 6.23 Å². The Hall–Kier alpha value is -2.62. The Labute approximate surface area is 159 Å². The lowest BCUT2D eigenvalue weighted by atomic mass is 10.1. The predicted octanol–water partition coefficient (Wildman–Crippen LogP) is 4.17. The quantitative estimate of drug-likeness (QED) is 0.797. The molecule has 0 amide bonds. The van der Waals surface area contributed by atoms with Gasteiger partial charge in [-0.2, -0.15) is 5.26 Å². The fourth-order valence-corrected chi connectivity index (χ4v) is 3.00. The molecule has 1 atom stereocenters. The van der Waals surface area contributed by atoms with Gasteiger partial charge < -0.3 is 14.7 Å². The lowest BCUT2D eigenvalue weighted by Gasteiger charge is -2.30. The highest BCUT2D eigenvalue weighted by atomic mass is 79.9. The third kappa shape index (κ3) is 4.31. The number of nitriles is 1. The molecule has 2 aromatic rings. The fraction of sp³-hybridized carbons (Fsp3) is 0.150. The summed E-state index contributed by atoms with van der Waals surface area (Å²) in [5.74, 6) is 0.235. The lowest BCUT2D eigenvalue weighted by molar-refractivity contribution is 0.0606. The van der Waals surface area contributed by atoms with Gasteiger partial charge in [-0.05, 0) is 57.4 Å². The molecular weight excluding hydrogens is 399 g/mol. The van der Waals surface area contributed by atoms with Crippen molar-refractivity contribution >= 4 is 15.9 Å². The van der Waals surface area contributed by atoms with Gasteiger partial charge >= 0.3 is 0 Å². The van der Waals surface area contributed by atoms with Crippen LogP contribution in [0.2, 0.25) is 0 Å². The van der Waals surface area contributed by atoms with Gasteiger partial charge in [-0.25, -0.2) is 4.39 Å². The molecule has 2 aromatic carbocycles. The molecule has 0 aliphatic carbocycles. The number of hydrogen-bond acceptors (Lipinski definition) is 4. The molecule has 1 heterocycles. The Bertz CT molecular complexity index is 870. The number of halogens is 2. The van der Waals surface area contributed by atoms with Gasteiger partial charge in [0, 0.05) is 12.7 Å². The molecule has 1 N–H and O–H groups in total. The van der Waals surface area contributed by atoms with Gasteiger partial charge in [-0.15, -0.1) is 0 Å². The summed E-state index contributed by atoms with van der Waals surface area (Å²) < 4.78 is 19.2. The molecule has 0 saturated heterocycles. The van der Waals surface area contributed by atoms with Crippen molar-refractivity contribution in [3.05, 3.63) is 93.6 Å². The normalized spacial score (nSPS) is 16.5. The number of aliphatic hydroxyl groups excluding tert-OH is 1. The summed E-state index contributed by atoms with van der Waals surface area (Å²) in [5.41, 5.74) is 2.41. The Morgan fingerprint density at radius 2 is 1.77 bits per heavy atom. The van der Waals surface area contributed by atoms with Crippen molar-refractivity contribution in [1.82, 2.24) is 4.90 Å². The zero-order valence-electron chi connectivity index (χ0n) is 13.8. The monoisotopic (exact) mass is 414 g/mol. The average Bonchev–Trinajstić information content (AvgIpc) is 2.67. The van der Waals surface area contributed by atoms with Gasteiger partial charge in [0.2, 0.25) is 0 Å². The molecule has 0 fully saturated rings. The van der Waals surface area contributed by atoms with E-state index >= 15 is 0 Å². The first-order valence-corrected chi connectivity index (χ1v) is 8.74. The zero-order chi connectivity index (χ0) is 18.5. The molecular formula is C20H16BrFN2O2. The minimum atomic E-state index is -0.876. The van der Waals surface area contributed by atoms with Crippen molar-refractivity contribution < 1.29 is 14.2 Å². The number of ether oxygens (including phenoxy) is 1. The highest BCUT2D eigenvalue weighted by molar-refractivity contribution is 9.11. The van der Waals surface area contributed by atoms with E-state index in [0.717, 1.165) is 11.1 Å². The van der Waals surface area contributed by atoms with Crippen molar-refractivity contribution in [2.75, 3.05) is 0 Å². The third-order valence-corrected chi connectivity index (χ3v) is 4.75. The molecule has 0 saturated carbocycles. The fourth-order valence-electron chi connectivity index (χ4n) is 2.49. The number of benzene rings is 2. The van der Waals surface area contributed by atoms with Crippen LogP contribution in [0.25, 0.3) is 0 Å². The van der Waals surface area contributed by atoms with Crippen LogP contribution in [-0.4, -0.2) is 16.2 Å². The van der Waals surface area contributed by atoms with E-state index in [1.165, 1.54) is 12.1 Å². The van der Waals surface area contributed by atoms with Crippen LogP contribution < -0.4 is 0 Å². The first-order chi connectivity index (χ1) is 12.6. The summed E-state index contributed by atoms with van der Waals surface area (Å²) in [7, 11) is 0. The summed E-state index contributed by atoms with van der Waals surface area (Å²) >= 11 is 3.39. The summed E-state index contributed by atoms with van der Waals surface area (Å²) in [6, 6.07) is 15.4. The van der Waals surface area contributed by atoms with Gasteiger partial charge in [0.1, 0.15) is 18.2 Å². The zero-order valence-corrected chi connectivity index (χ0v) is 15.4. The van der Waals surface area contributed by atoms with Crippen LogP contribution in [0, 0.1) is 17.1 Å². The second-order valence-electron chi connectivity index (χ2n) is 5.80. The Balaban J connectivity index is 1.63. The van der Waals surface area contributed by atoms with E-state index in [4.69, 9.17) is 10.00 Å². The van der Waals surface area contributed by atoms with E-state index in [2.05, 4.69) is 22.0 Å². The number of aliphatic hydroxyl groups is 1. The highest BCUT2D eigenvalue weighted by Crippen LogP contribution is 2.28. The molecule has 1 aliphatic heterocycles. The minimum absolute atomic E-state index is 0.275. The first-order valence-electron chi connectivity index (χ1n) is 7.95. The van der Waals surface area contributed by atoms with E-state index in [-0.39, 0.29) is 12.4 Å². The summed E-state index contributed by atoms with van der Waals surface area (Å²) in [5, 5.41) is 19.3. The van der Waals surface area contributed by atoms with Crippen LogP contribution in [0.4, 0.5) is 4.39 Å². The van der Waals surface area contributed by atoms with E-state index in [1.807, 2.05) is 12.1 Å². The largest absolute Gasteiger partial charge is 0.488 e. The van der Waals surface area contributed by atoms with Gasteiger partial charge in [-0.3, -0.25) is 0 Å². The Morgan fingerprint density at radius 3 is 2.42 bits per heavy atom. The average molecular weight is 415 g/mol. The third-order valence-electron chi connectivity index (χ3n) is 3.95. The number of allylic oxidation sites excluding steroid dienone is 1. The van der Waals surface area contributed by atoms with Crippen molar-refractivity contribution in [3.63, 3.8) is 0 Å². The van der Waals surface area contributed by atoms with Crippen LogP contribution in [0.15, 0.2) is 71.0 Å². The summed E-state index contributed by atoms with van der Waals surface area (Å²) in [6.45, 7) is 0.765. The maximum atomic E-state index is 12.9. The standard InChI is InChI=1S/C20H16BrFN2O2/c21-19-18(26-13-16-5-7-17(22)8-6-16)9-10-24(20(19)25)12-15-3-1-14(11-23)2-4-15/h1-10,20,25H,12-13H2. The highest BCUT2D eigenvalue weighted by Gasteiger charge is 2.23. The van der Waals surface area contributed by atoms with Gasteiger partial charge in [0.15, 0.2) is 6.23 Å². The number of rotatable bonds is 5. The molecule has 3 rings (SSSR count). The van der Waals surface area contributed by atoms with Crippen molar-refractivity contribution in [2.45, 2.75) is 19.4 Å². The molecule has 0 spiro atoms.